The van der Waals surface area contributed by atoms with Gasteiger partial charge < -0.3 is 26.2 Å². The van der Waals surface area contributed by atoms with Crippen LogP contribution in [0.2, 0.25) is 0 Å². The number of phenols is 1. The number of phenolic OH excluding ortho intramolecular Hbond substituents is 1. The molecule has 2 rings (SSSR count). The molecule has 0 fully saturated rings. The van der Waals surface area contributed by atoms with Crippen molar-refractivity contribution in [3.63, 3.8) is 0 Å². The van der Waals surface area contributed by atoms with Crippen molar-refractivity contribution in [3.05, 3.63) is 65.7 Å². The fourth-order valence-electron chi connectivity index (χ4n) is 3.25. The Morgan fingerprint density at radius 2 is 1.43 bits per heavy atom. The van der Waals surface area contributed by atoms with Gasteiger partial charge in [0.05, 0.1) is 18.1 Å². The Kier molecular flexibility index (Phi) is 8.44. The first-order valence-electron chi connectivity index (χ1n) is 9.53. The van der Waals surface area contributed by atoms with E-state index in [1.54, 1.807) is 24.3 Å². The maximum absolute atomic E-state index is 11.5. The Labute approximate surface area is 165 Å². The molecule has 0 bridgehead atoms. The maximum Gasteiger partial charge on any atom is 0.309 e. The summed E-state index contributed by atoms with van der Waals surface area (Å²) in [6.07, 6.45) is 0.137. The van der Waals surface area contributed by atoms with E-state index in [1.807, 2.05) is 30.3 Å². The number of aromatic hydroxyl groups is 1. The summed E-state index contributed by atoms with van der Waals surface area (Å²) < 4.78 is 0. The third kappa shape index (κ3) is 6.96. The van der Waals surface area contributed by atoms with E-state index >= 15 is 0 Å². The van der Waals surface area contributed by atoms with Crippen LogP contribution in [0.4, 0.5) is 0 Å². The molecule has 6 N–H and O–H groups in total. The lowest BCUT2D eigenvalue weighted by molar-refractivity contribution is -0.145. The molecule has 0 saturated carbocycles. The molecular formula is C22H29NO5. The van der Waals surface area contributed by atoms with Gasteiger partial charge in [0, 0.05) is 6.04 Å². The van der Waals surface area contributed by atoms with E-state index in [0.717, 1.165) is 11.1 Å². The van der Waals surface area contributed by atoms with E-state index in [4.69, 9.17) is 5.73 Å². The summed E-state index contributed by atoms with van der Waals surface area (Å²) >= 11 is 0. The van der Waals surface area contributed by atoms with E-state index in [0.29, 0.717) is 19.3 Å². The molecule has 0 radical (unpaired) electrons. The van der Waals surface area contributed by atoms with Crippen molar-refractivity contribution >= 4 is 5.97 Å². The molecule has 6 nitrogen and oxygen atoms in total. The first-order valence-corrected chi connectivity index (χ1v) is 9.53. The third-order valence-corrected chi connectivity index (χ3v) is 4.98. The van der Waals surface area contributed by atoms with Crippen molar-refractivity contribution in [2.24, 2.45) is 11.7 Å². The SMILES string of the molecule is NC(Cc1ccc(O)cc1)C(O)CCCC(O)C(Cc1ccccc1)C(=O)O. The molecule has 0 amide bonds. The Morgan fingerprint density at radius 3 is 2.04 bits per heavy atom. The lowest BCUT2D eigenvalue weighted by Gasteiger charge is -2.22. The molecule has 28 heavy (non-hydrogen) atoms. The number of hydrogen-bond donors (Lipinski definition) is 5. The number of hydrogen-bond acceptors (Lipinski definition) is 5. The first-order chi connectivity index (χ1) is 13.4. The molecule has 6 heteroatoms. The zero-order chi connectivity index (χ0) is 20.5. The summed E-state index contributed by atoms with van der Waals surface area (Å²) in [7, 11) is 0. The number of aliphatic hydroxyl groups is 2. The number of aliphatic carboxylic acids is 1. The number of carboxylic acid groups (broad SMARTS) is 1. The number of rotatable bonds is 11. The lowest BCUT2D eigenvalue weighted by atomic mass is 9.90. The van der Waals surface area contributed by atoms with Crippen molar-refractivity contribution in [1.29, 1.82) is 0 Å². The highest BCUT2D eigenvalue weighted by Crippen LogP contribution is 2.19. The van der Waals surface area contributed by atoms with Crippen LogP contribution in [0.25, 0.3) is 0 Å². The van der Waals surface area contributed by atoms with Crippen LogP contribution in [0.15, 0.2) is 54.6 Å². The molecule has 4 unspecified atom stereocenters. The molecule has 2 aromatic rings. The van der Waals surface area contributed by atoms with Gasteiger partial charge in [-0.2, -0.15) is 0 Å². The molecule has 152 valence electrons. The van der Waals surface area contributed by atoms with Gasteiger partial charge >= 0.3 is 5.97 Å². The lowest BCUT2D eigenvalue weighted by Crippen LogP contribution is -2.37. The van der Waals surface area contributed by atoms with E-state index in [1.165, 1.54) is 0 Å². The average Bonchev–Trinajstić information content (AvgIpc) is 2.68. The summed E-state index contributed by atoms with van der Waals surface area (Å²) in [5, 5.41) is 39.3. The van der Waals surface area contributed by atoms with Crippen molar-refractivity contribution in [2.45, 2.75) is 50.4 Å². The Hall–Kier alpha value is -2.41. The largest absolute Gasteiger partial charge is 0.508 e. The van der Waals surface area contributed by atoms with Crippen LogP contribution >= 0.6 is 0 Å². The second-order valence-corrected chi connectivity index (χ2v) is 7.23. The van der Waals surface area contributed by atoms with Gasteiger partial charge in [0.15, 0.2) is 0 Å². The number of benzene rings is 2. The summed E-state index contributed by atoms with van der Waals surface area (Å²) in [5.74, 6) is -1.73. The number of aliphatic hydroxyl groups excluding tert-OH is 2. The summed E-state index contributed by atoms with van der Waals surface area (Å²) in [6, 6.07) is 15.4. The molecule has 0 spiro atoms. The molecule has 0 heterocycles. The van der Waals surface area contributed by atoms with Crippen LogP contribution in [0.5, 0.6) is 5.75 Å². The fourth-order valence-corrected chi connectivity index (χ4v) is 3.25. The van der Waals surface area contributed by atoms with Gasteiger partial charge in [0.2, 0.25) is 0 Å². The van der Waals surface area contributed by atoms with Crippen LogP contribution in [0, 0.1) is 5.92 Å². The van der Waals surface area contributed by atoms with Crippen molar-refractivity contribution in [2.75, 3.05) is 0 Å². The van der Waals surface area contributed by atoms with Gasteiger partial charge in [-0.25, -0.2) is 0 Å². The topological polar surface area (TPSA) is 124 Å². The predicted octanol–water partition coefficient (Wildman–Crippen LogP) is 2.10. The van der Waals surface area contributed by atoms with Gasteiger partial charge in [-0.3, -0.25) is 4.79 Å². The predicted molar refractivity (Wildman–Crippen MR) is 107 cm³/mol. The minimum atomic E-state index is -1.03. The monoisotopic (exact) mass is 387 g/mol. The highest BCUT2D eigenvalue weighted by Gasteiger charge is 2.27. The second kappa shape index (κ2) is 10.8. The van der Waals surface area contributed by atoms with Crippen LogP contribution < -0.4 is 5.73 Å². The second-order valence-electron chi connectivity index (χ2n) is 7.23. The highest BCUT2D eigenvalue weighted by atomic mass is 16.4. The van der Waals surface area contributed by atoms with E-state index in [-0.39, 0.29) is 18.6 Å². The molecule has 0 aromatic heterocycles. The molecule has 0 saturated heterocycles. The summed E-state index contributed by atoms with van der Waals surface area (Å²) in [6.45, 7) is 0. The third-order valence-electron chi connectivity index (χ3n) is 4.98. The van der Waals surface area contributed by atoms with Crippen LogP contribution in [0.3, 0.4) is 0 Å². The van der Waals surface area contributed by atoms with Crippen LogP contribution in [-0.2, 0) is 17.6 Å². The molecule has 4 atom stereocenters. The molecule has 0 aliphatic rings. The molecule has 2 aromatic carbocycles. The highest BCUT2D eigenvalue weighted by molar-refractivity contribution is 5.71. The summed E-state index contributed by atoms with van der Waals surface area (Å²) in [5.41, 5.74) is 7.83. The van der Waals surface area contributed by atoms with E-state index in [2.05, 4.69) is 0 Å². The first kappa shape index (κ1) is 21.9. The smallest absolute Gasteiger partial charge is 0.309 e. The Bertz CT molecular complexity index is 719. The van der Waals surface area contributed by atoms with Gasteiger partial charge in [-0.05, 0) is 55.4 Å². The quantitative estimate of drug-likeness (QED) is 0.402. The van der Waals surface area contributed by atoms with Crippen LogP contribution in [0.1, 0.15) is 30.4 Å². The number of carbonyl (C=O) groups is 1. The standard InChI is InChI=1S/C22H29NO5/c23-19(14-16-9-11-17(24)12-10-16)21(26)8-4-7-20(25)18(22(27)28)13-15-5-2-1-3-6-15/h1-3,5-6,9-12,18-21,24-26H,4,7-8,13-14,23H2,(H,27,28). The van der Waals surface area contributed by atoms with Crippen molar-refractivity contribution in [3.8, 4) is 5.75 Å². The zero-order valence-corrected chi connectivity index (χ0v) is 15.8. The van der Waals surface area contributed by atoms with Crippen molar-refractivity contribution in [1.82, 2.24) is 0 Å². The van der Waals surface area contributed by atoms with Gasteiger partial charge in [-0.1, -0.05) is 42.5 Å². The minimum Gasteiger partial charge on any atom is -0.508 e. The van der Waals surface area contributed by atoms with Gasteiger partial charge in [0.25, 0.3) is 0 Å². The fraction of sp³-hybridized carbons (Fsp3) is 0.409. The average molecular weight is 387 g/mol. The van der Waals surface area contributed by atoms with E-state index in [9.17, 15) is 25.2 Å². The number of carboxylic acids is 1. The van der Waals surface area contributed by atoms with Gasteiger partial charge in [0.1, 0.15) is 5.75 Å². The normalized spacial score (nSPS) is 15.5. The summed E-state index contributed by atoms with van der Waals surface area (Å²) in [4.78, 5) is 11.5. The minimum absolute atomic E-state index is 0.176. The number of nitrogens with two attached hydrogens (primary N) is 1. The van der Waals surface area contributed by atoms with E-state index < -0.39 is 30.1 Å². The molecule has 0 aliphatic carbocycles. The maximum atomic E-state index is 11.5. The molecular weight excluding hydrogens is 358 g/mol. The van der Waals surface area contributed by atoms with Gasteiger partial charge in [-0.15, -0.1) is 0 Å². The van der Waals surface area contributed by atoms with Crippen LogP contribution in [-0.4, -0.2) is 44.6 Å². The Morgan fingerprint density at radius 1 is 0.857 bits per heavy atom. The zero-order valence-electron chi connectivity index (χ0n) is 15.8. The van der Waals surface area contributed by atoms with Crippen molar-refractivity contribution < 1.29 is 25.2 Å². The molecule has 0 aliphatic heterocycles. The Balaban J connectivity index is 1.79.